The molecule has 5 heteroatoms. The monoisotopic (exact) mass is 288 g/mol. The smallest absolute Gasteiger partial charge is 0.221 e. The van der Waals surface area contributed by atoms with Crippen molar-refractivity contribution in [2.45, 2.75) is 13.5 Å². The van der Waals surface area contributed by atoms with Gasteiger partial charge in [-0.05, 0) is 23.8 Å². The third kappa shape index (κ3) is 3.95. The molecule has 0 aliphatic heterocycles. The molecule has 0 aromatic heterocycles. The van der Waals surface area contributed by atoms with Gasteiger partial charge in [-0.25, -0.2) is 4.39 Å². The van der Waals surface area contributed by atoms with Crippen LogP contribution in [-0.4, -0.2) is 13.0 Å². The van der Waals surface area contributed by atoms with Crippen LogP contribution in [0.1, 0.15) is 12.5 Å². The zero-order valence-electron chi connectivity index (χ0n) is 11.9. The number of ether oxygens (including phenoxy) is 1. The average molecular weight is 288 g/mol. The van der Waals surface area contributed by atoms with Crippen molar-refractivity contribution < 1.29 is 13.9 Å². The van der Waals surface area contributed by atoms with Crippen LogP contribution < -0.4 is 15.4 Å². The number of methoxy groups -OCH3 is 1. The maximum Gasteiger partial charge on any atom is 0.221 e. The molecule has 0 unspecified atom stereocenters. The van der Waals surface area contributed by atoms with E-state index in [9.17, 15) is 9.18 Å². The van der Waals surface area contributed by atoms with Crippen molar-refractivity contribution in [1.82, 2.24) is 0 Å². The molecule has 0 radical (unpaired) electrons. The van der Waals surface area contributed by atoms with Gasteiger partial charge in [-0.15, -0.1) is 0 Å². The van der Waals surface area contributed by atoms with Crippen molar-refractivity contribution in [1.29, 1.82) is 0 Å². The van der Waals surface area contributed by atoms with Crippen LogP contribution in [0.25, 0.3) is 0 Å². The Morgan fingerprint density at radius 1 is 1.24 bits per heavy atom. The fraction of sp³-hybridized carbons (Fsp3) is 0.188. The van der Waals surface area contributed by atoms with Crippen LogP contribution in [0.15, 0.2) is 42.5 Å². The van der Waals surface area contributed by atoms with Crippen molar-refractivity contribution in [2.75, 3.05) is 17.7 Å². The molecule has 0 saturated heterocycles. The molecule has 0 atom stereocenters. The lowest BCUT2D eigenvalue weighted by Gasteiger charge is -2.12. The predicted octanol–water partition coefficient (Wildman–Crippen LogP) is 3.40. The molecule has 0 heterocycles. The Balaban J connectivity index is 2.11. The minimum atomic E-state index is -0.401. The number of halogens is 1. The standard InChI is InChI=1S/C16H17FN2O2/c1-11(20)19-15-6-4-3-5-12(15)10-18-13-7-8-14(17)16(9-13)21-2/h3-9,18H,10H2,1-2H3,(H,19,20). The number of rotatable bonds is 5. The zero-order valence-corrected chi connectivity index (χ0v) is 11.9. The highest BCUT2D eigenvalue weighted by Gasteiger charge is 2.05. The fourth-order valence-corrected chi connectivity index (χ4v) is 1.95. The fourth-order valence-electron chi connectivity index (χ4n) is 1.95. The molecule has 2 rings (SSSR count). The normalized spacial score (nSPS) is 10.0. The van der Waals surface area contributed by atoms with E-state index in [0.717, 1.165) is 16.9 Å². The van der Waals surface area contributed by atoms with Crippen LogP contribution in [0.2, 0.25) is 0 Å². The van der Waals surface area contributed by atoms with E-state index in [4.69, 9.17) is 4.74 Å². The first-order valence-electron chi connectivity index (χ1n) is 6.53. The second-order valence-corrected chi connectivity index (χ2v) is 4.54. The highest BCUT2D eigenvalue weighted by atomic mass is 19.1. The van der Waals surface area contributed by atoms with Gasteiger partial charge in [0, 0.05) is 30.9 Å². The number of para-hydroxylation sites is 1. The third-order valence-electron chi connectivity index (χ3n) is 2.96. The highest BCUT2D eigenvalue weighted by Crippen LogP contribution is 2.23. The molecule has 2 aromatic carbocycles. The Morgan fingerprint density at radius 2 is 2.00 bits per heavy atom. The lowest BCUT2D eigenvalue weighted by Crippen LogP contribution is -2.10. The Bertz CT molecular complexity index is 644. The number of amides is 1. The van der Waals surface area contributed by atoms with E-state index < -0.39 is 5.82 Å². The minimum absolute atomic E-state index is 0.120. The van der Waals surface area contributed by atoms with Gasteiger partial charge >= 0.3 is 0 Å². The number of hydrogen-bond acceptors (Lipinski definition) is 3. The quantitative estimate of drug-likeness (QED) is 0.886. The van der Waals surface area contributed by atoms with Gasteiger partial charge in [0.05, 0.1) is 7.11 Å². The van der Waals surface area contributed by atoms with Crippen LogP contribution in [0.3, 0.4) is 0 Å². The summed E-state index contributed by atoms with van der Waals surface area (Å²) >= 11 is 0. The molecule has 0 aliphatic carbocycles. The average Bonchev–Trinajstić information content (AvgIpc) is 2.47. The topological polar surface area (TPSA) is 50.4 Å². The number of hydrogen-bond donors (Lipinski definition) is 2. The van der Waals surface area contributed by atoms with Gasteiger partial charge in [-0.2, -0.15) is 0 Å². The summed E-state index contributed by atoms with van der Waals surface area (Å²) in [5.41, 5.74) is 2.44. The summed E-state index contributed by atoms with van der Waals surface area (Å²) in [5.74, 6) is -0.331. The van der Waals surface area contributed by atoms with Crippen molar-refractivity contribution in [3.8, 4) is 5.75 Å². The summed E-state index contributed by atoms with van der Waals surface area (Å²) < 4.78 is 18.3. The zero-order chi connectivity index (χ0) is 15.2. The minimum Gasteiger partial charge on any atom is -0.494 e. The first-order valence-corrected chi connectivity index (χ1v) is 6.53. The molecule has 0 fully saturated rings. The summed E-state index contributed by atoms with van der Waals surface area (Å²) in [7, 11) is 1.42. The summed E-state index contributed by atoms with van der Waals surface area (Å²) in [6, 6.07) is 12.1. The third-order valence-corrected chi connectivity index (χ3v) is 2.96. The van der Waals surface area contributed by atoms with E-state index in [2.05, 4.69) is 10.6 Å². The number of nitrogens with one attached hydrogen (secondary N) is 2. The molecule has 21 heavy (non-hydrogen) atoms. The van der Waals surface area contributed by atoms with Crippen LogP contribution in [0, 0.1) is 5.82 Å². The van der Waals surface area contributed by atoms with Crippen molar-refractivity contribution >= 4 is 17.3 Å². The summed E-state index contributed by atoms with van der Waals surface area (Å²) in [6.45, 7) is 1.97. The SMILES string of the molecule is COc1cc(NCc2ccccc2NC(C)=O)ccc1F. The molecular weight excluding hydrogens is 271 g/mol. The first kappa shape index (κ1) is 14.8. The van der Waals surface area contributed by atoms with E-state index in [1.54, 1.807) is 12.1 Å². The Hall–Kier alpha value is -2.56. The van der Waals surface area contributed by atoms with Gasteiger partial charge in [0.2, 0.25) is 5.91 Å². The lowest BCUT2D eigenvalue weighted by atomic mass is 10.1. The number of carbonyl (C=O) groups excluding carboxylic acids is 1. The van der Waals surface area contributed by atoms with Gasteiger partial charge < -0.3 is 15.4 Å². The van der Waals surface area contributed by atoms with E-state index in [0.29, 0.717) is 6.54 Å². The summed E-state index contributed by atoms with van der Waals surface area (Å²) in [4.78, 5) is 11.2. The van der Waals surface area contributed by atoms with E-state index in [1.165, 1.54) is 20.1 Å². The molecule has 4 nitrogen and oxygen atoms in total. The Labute approximate surface area is 122 Å². The van der Waals surface area contributed by atoms with Crippen LogP contribution >= 0.6 is 0 Å². The molecule has 0 aliphatic rings. The molecule has 0 bridgehead atoms. The van der Waals surface area contributed by atoms with Crippen molar-refractivity contribution in [3.63, 3.8) is 0 Å². The van der Waals surface area contributed by atoms with Crippen LogP contribution in [0.4, 0.5) is 15.8 Å². The molecule has 0 saturated carbocycles. The molecule has 2 N–H and O–H groups in total. The summed E-state index contributed by atoms with van der Waals surface area (Å²) in [6.07, 6.45) is 0. The molecule has 1 amide bonds. The first-order chi connectivity index (χ1) is 10.1. The van der Waals surface area contributed by atoms with Gasteiger partial charge in [0.1, 0.15) is 0 Å². The maximum atomic E-state index is 13.3. The van der Waals surface area contributed by atoms with Crippen LogP contribution in [-0.2, 0) is 11.3 Å². The summed E-state index contributed by atoms with van der Waals surface area (Å²) in [5, 5.41) is 5.96. The van der Waals surface area contributed by atoms with Crippen molar-refractivity contribution in [3.05, 3.63) is 53.8 Å². The molecule has 0 spiro atoms. The van der Waals surface area contributed by atoms with Gasteiger partial charge in [-0.3, -0.25) is 4.79 Å². The Kier molecular flexibility index (Phi) is 4.77. The number of carbonyl (C=O) groups is 1. The second-order valence-electron chi connectivity index (χ2n) is 4.54. The molecular formula is C16H17FN2O2. The van der Waals surface area contributed by atoms with E-state index in [-0.39, 0.29) is 11.7 Å². The number of anilines is 2. The predicted molar refractivity (Wildman–Crippen MR) is 81.0 cm³/mol. The van der Waals surface area contributed by atoms with E-state index in [1.807, 2.05) is 24.3 Å². The van der Waals surface area contributed by atoms with E-state index >= 15 is 0 Å². The van der Waals surface area contributed by atoms with Gasteiger partial charge in [0.25, 0.3) is 0 Å². The molecule has 2 aromatic rings. The second kappa shape index (κ2) is 6.74. The highest BCUT2D eigenvalue weighted by molar-refractivity contribution is 5.89. The molecule has 110 valence electrons. The maximum absolute atomic E-state index is 13.3. The lowest BCUT2D eigenvalue weighted by molar-refractivity contribution is -0.114. The van der Waals surface area contributed by atoms with Gasteiger partial charge in [-0.1, -0.05) is 18.2 Å². The van der Waals surface area contributed by atoms with Crippen LogP contribution in [0.5, 0.6) is 5.75 Å². The van der Waals surface area contributed by atoms with Crippen molar-refractivity contribution in [2.24, 2.45) is 0 Å². The largest absolute Gasteiger partial charge is 0.494 e. The van der Waals surface area contributed by atoms with Gasteiger partial charge in [0.15, 0.2) is 11.6 Å². The number of benzene rings is 2. The Morgan fingerprint density at radius 3 is 2.71 bits per heavy atom.